The number of anilines is 1. The highest BCUT2D eigenvalue weighted by molar-refractivity contribution is 7.94. The smallest absolute Gasteiger partial charge is 0.274 e. The summed E-state index contributed by atoms with van der Waals surface area (Å²) in [4.78, 5) is 18.4. The first kappa shape index (κ1) is 21.8. The number of hydrogen-bond acceptors (Lipinski definition) is 5. The van der Waals surface area contributed by atoms with Crippen molar-refractivity contribution in [2.45, 2.75) is 49.2 Å². The summed E-state index contributed by atoms with van der Waals surface area (Å²) in [5.74, 6) is 0. The van der Waals surface area contributed by atoms with Gasteiger partial charge in [-0.05, 0) is 69.2 Å². The Balaban J connectivity index is 1.72. The summed E-state index contributed by atoms with van der Waals surface area (Å²) in [6.07, 6.45) is 8.54. The number of fused-ring (bicyclic) bond motifs is 1. The number of H-pyrrole nitrogens is 1. The van der Waals surface area contributed by atoms with E-state index >= 15 is 0 Å². The van der Waals surface area contributed by atoms with Gasteiger partial charge in [0.15, 0.2) is 0 Å². The third-order valence-corrected chi connectivity index (χ3v) is 10.0. The number of hydrogen-bond donors (Lipinski definition) is 2. The lowest BCUT2D eigenvalue weighted by Gasteiger charge is -2.35. The van der Waals surface area contributed by atoms with Crippen LogP contribution in [-0.4, -0.2) is 31.6 Å². The molecule has 3 heterocycles. The van der Waals surface area contributed by atoms with Crippen LogP contribution in [0.3, 0.4) is 0 Å². The minimum absolute atomic E-state index is 0.111. The summed E-state index contributed by atoms with van der Waals surface area (Å²) in [7, 11) is -1.67. The molecule has 7 nitrogen and oxygen atoms in total. The molecule has 2 N–H and O–H groups in total. The SMILES string of the molecule is Cn1cc(-c2cc(S(=N)(=O)C(C)(C)C#N)ccc2N2CCC3(CC2)CC3)c2cc[nH]c2c1=O. The second-order valence-electron chi connectivity index (χ2n) is 10.1. The standard InChI is InChI=1S/C25H29N5O2S/c1-24(2,16-26)33(27,32)17-4-5-21(30-12-9-25(7-8-25)10-13-30)19(14-17)20-15-29(3)23(31)22-18(20)6-11-28-22/h4-6,11,14-15,27-28H,7-10,12-13H2,1-3H3. The quantitative estimate of drug-likeness (QED) is 0.589. The average Bonchev–Trinajstić information content (AvgIpc) is 3.36. The van der Waals surface area contributed by atoms with Crippen molar-refractivity contribution < 1.29 is 4.21 Å². The summed E-state index contributed by atoms with van der Waals surface area (Å²) in [5, 5.41) is 10.4. The molecule has 172 valence electrons. The van der Waals surface area contributed by atoms with Crippen molar-refractivity contribution in [2.75, 3.05) is 18.0 Å². The van der Waals surface area contributed by atoms with Crippen molar-refractivity contribution in [3.8, 4) is 17.2 Å². The zero-order chi connectivity index (χ0) is 23.6. The number of benzene rings is 1. The van der Waals surface area contributed by atoms with Crippen LogP contribution in [0, 0.1) is 21.5 Å². The molecule has 1 spiro atoms. The Kier molecular flexibility index (Phi) is 4.77. The van der Waals surface area contributed by atoms with E-state index in [1.54, 1.807) is 43.8 Å². The summed E-state index contributed by atoms with van der Waals surface area (Å²) >= 11 is 0. The summed E-state index contributed by atoms with van der Waals surface area (Å²) in [6.45, 7) is 5.00. The molecule has 0 radical (unpaired) electrons. The predicted octanol–water partition coefficient (Wildman–Crippen LogP) is 4.62. The number of nitrogens with one attached hydrogen (secondary N) is 2. The minimum Gasteiger partial charge on any atom is -0.371 e. The van der Waals surface area contributed by atoms with Crippen LogP contribution in [0.25, 0.3) is 22.0 Å². The van der Waals surface area contributed by atoms with E-state index in [1.165, 1.54) is 12.8 Å². The van der Waals surface area contributed by atoms with E-state index in [4.69, 9.17) is 4.78 Å². The third kappa shape index (κ3) is 3.37. The van der Waals surface area contributed by atoms with Crippen LogP contribution in [-0.2, 0) is 16.8 Å². The molecule has 8 heteroatoms. The van der Waals surface area contributed by atoms with E-state index in [0.29, 0.717) is 15.8 Å². The van der Waals surface area contributed by atoms with Gasteiger partial charge in [0, 0.05) is 59.6 Å². The van der Waals surface area contributed by atoms with Crippen LogP contribution in [0.15, 0.2) is 46.3 Å². The van der Waals surface area contributed by atoms with Gasteiger partial charge < -0.3 is 14.5 Å². The van der Waals surface area contributed by atoms with Gasteiger partial charge in [-0.1, -0.05) is 0 Å². The van der Waals surface area contributed by atoms with Crippen LogP contribution in [0.2, 0.25) is 0 Å². The van der Waals surface area contributed by atoms with E-state index in [0.717, 1.165) is 48.1 Å². The first-order valence-corrected chi connectivity index (χ1v) is 12.9. The summed E-state index contributed by atoms with van der Waals surface area (Å²) < 4.78 is 22.4. The molecular formula is C25H29N5O2S. The zero-order valence-corrected chi connectivity index (χ0v) is 20.1. The van der Waals surface area contributed by atoms with Crippen LogP contribution in [0.4, 0.5) is 5.69 Å². The Morgan fingerprint density at radius 1 is 1.15 bits per heavy atom. The van der Waals surface area contributed by atoms with Crippen molar-refractivity contribution in [1.29, 1.82) is 10.0 Å². The van der Waals surface area contributed by atoms with E-state index < -0.39 is 14.5 Å². The van der Waals surface area contributed by atoms with Gasteiger partial charge in [0.1, 0.15) is 10.3 Å². The Bertz CT molecular complexity index is 1460. The molecular weight excluding hydrogens is 434 g/mol. The highest BCUT2D eigenvalue weighted by Gasteiger charge is 2.44. The molecule has 1 aliphatic heterocycles. The highest BCUT2D eigenvalue weighted by Crippen LogP contribution is 2.54. The fourth-order valence-electron chi connectivity index (χ4n) is 4.93. The molecule has 3 aromatic rings. The second kappa shape index (κ2) is 7.22. The second-order valence-corrected chi connectivity index (χ2v) is 12.7. The van der Waals surface area contributed by atoms with Crippen molar-refractivity contribution in [2.24, 2.45) is 12.5 Å². The Hall–Kier alpha value is -3.05. The van der Waals surface area contributed by atoms with Gasteiger partial charge in [0.05, 0.1) is 15.8 Å². The van der Waals surface area contributed by atoms with E-state index in [-0.39, 0.29) is 5.56 Å². The Morgan fingerprint density at radius 2 is 1.85 bits per heavy atom. The van der Waals surface area contributed by atoms with Gasteiger partial charge in [0.25, 0.3) is 5.56 Å². The molecule has 1 aromatic carbocycles. The lowest BCUT2D eigenvalue weighted by atomic mass is 9.92. The zero-order valence-electron chi connectivity index (χ0n) is 19.3. The van der Waals surface area contributed by atoms with Gasteiger partial charge in [-0.3, -0.25) is 4.79 Å². The molecule has 2 aliphatic rings. The maximum atomic E-state index is 13.5. The number of aromatic nitrogens is 2. The highest BCUT2D eigenvalue weighted by atomic mass is 32.2. The van der Waals surface area contributed by atoms with Gasteiger partial charge in [-0.25, -0.2) is 8.99 Å². The molecule has 1 unspecified atom stereocenters. The van der Waals surface area contributed by atoms with Crippen LogP contribution >= 0.6 is 0 Å². The van der Waals surface area contributed by atoms with Crippen LogP contribution in [0.1, 0.15) is 39.5 Å². The van der Waals surface area contributed by atoms with Crippen molar-refractivity contribution in [1.82, 2.24) is 9.55 Å². The van der Waals surface area contributed by atoms with Crippen molar-refractivity contribution in [3.63, 3.8) is 0 Å². The minimum atomic E-state index is -3.39. The van der Waals surface area contributed by atoms with E-state index in [9.17, 15) is 14.3 Å². The Morgan fingerprint density at radius 3 is 2.48 bits per heavy atom. The lowest BCUT2D eigenvalue weighted by Crippen LogP contribution is -2.35. The fraction of sp³-hybridized carbons (Fsp3) is 0.440. The van der Waals surface area contributed by atoms with Crippen molar-refractivity contribution >= 4 is 26.3 Å². The molecule has 2 fully saturated rings. The number of rotatable bonds is 4. The van der Waals surface area contributed by atoms with Crippen LogP contribution in [0.5, 0.6) is 0 Å². The number of aryl methyl sites for hydroxylation is 1. The maximum Gasteiger partial charge on any atom is 0.274 e. The summed E-state index contributed by atoms with van der Waals surface area (Å²) in [5.41, 5.74) is 3.65. The summed E-state index contributed by atoms with van der Waals surface area (Å²) in [6, 6.07) is 9.42. The fourth-order valence-corrected chi connectivity index (χ4v) is 6.19. The van der Waals surface area contributed by atoms with Gasteiger partial charge in [-0.15, -0.1) is 0 Å². The number of nitrogens with zero attached hydrogens (tertiary/aromatic N) is 3. The molecule has 0 bridgehead atoms. The Labute approximate surface area is 194 Å². The number of aromatic amines is 1. The number of pyridine rings is 1. The van der Waals surface area contributed by atoms with E-state index in [1.807, 2.05) is 18.3 Å². The van der Waals surface area contributed by atoms with Gasteiger partial charge in [-0.2, -0.15) is 5.26 Å². The maximum absolute atomic E-state index is 13.5. The van der Waals surface area contributed by atoms with Gasteiger partial charge >= 0.3 is 0 Å². The molecule has 2 aromatic heterocycles. The topological polar surface area (TPSA) is 106 Å². The normalized spacial score (nSPS) is 19.4. The molecule has 1 saturated heterocycles. The molecule has 0 amide bonds. The van der Waals surface area contributed by atoms with E-state index in [2.05, 4.69) is 16.0 Å². The average molecular weight is 464 g/mol. The molecule has 1 saturated carbocycles. The number of piperidine rings is 1. The lowest BCUT2D eigenvalue weighted by molar-refractivity contribution is 0.384. The first-order chi connectivity index (χ1) is 15.6. The molecule has 5 rings (SSSR count). The monoisotopic (exact) mass is 463 g/mol. The predicted molar refractivity (Wildman–Crippen MR) is 131 cm³/mol. The van der Waals surface area contributed by atoms with Crippen molar-refractivity contribution in [3.05, 3.63) is 47.0 Å². The first-order valence-electron chi connectivity index (χ1n) is 11.3. The van der Waals surface area contributed by atoms with Gasteiger partial charge in [0.2, 0.25) is 0 Å². The third-order valence-electron chi connectivity index (χ3n) is 7.59. The van der Waals surface area contributed by atoms with Crippen LogP contribution < -0.4 is 10.5 Å². The number of nitriles is 1. The molecule has 1 atom stereocenters. The largest absolute Gasteiger partial charge is 0.371 e. The molecule has 33 heavy (non-hydrogen) atoms. The molecule has 1 aliphatic carbocycles.